The predicted molar refractivity (Wildman–Crippen MR) is 97.1 cm³/mol. The molecule has 1 fully saturated rings. The van der Waals surface area contributed by atoms with Gasteiger partial charge in [-0.05, 0) is 25.0 Å². The molecule has 0 aliphatic carbocycles. The minimum absolute atomic E-state index is 0.142. The first kappa shape index (κ1) is 17.6. The molecular formula is C19H19N3O4. The van der Waals surface area contributed by atoms with Crippen LogP contribution < -0.4 is 10.6 Å². The summed E-state index contributed by atoms with van der Waals surface area (Å²) in [6.07, 6.45) is 1.42. The molecule has 0 saturated carbocycles. The van der Waals surface area contributed by atoms with Crippen LogP contribution in [0.3, 0.4) is 0 Å². The van der Waals surface area contributed by atoms with Crippen LogP contribution in [0.4, 0.5) is 11.4 Å². The molecule has 1 heterocycles. The van der Waals surface area contributed by atoms with Crippen LogP contribution in [0, 0.1) is 16.0 Å². The highest BCUT2D eigenvalue weighted by atomic mass is 16.6. The number of carbonyl (C=O) groups is 2. The highest BCUT2D eigenvalue weighted by Crippen LogP contribution is 2.33. The highest BCUT2D eigenvalue weighted by molar-refractivity contribution is 6.09. The number of nitrogens with zero attached hydrogens (tertiary/aromatic N) is 2. The molecular weight excluding hydrogens is 334 g/mol. The molecule has 0 aromatic heterocycles. The van der Waals surface area contributed by atoms with Gasteiger partial charge in [-0.15, -0.1) is 0 Å². The van der Waals surface area contributed by atoms with E-state index < -0.39 is 10.8 Å². The molecule has 1 unspecified atom stereocenters. The van der Waals surface area contributed by atoms with Crippen LogP contribution >= 0.6 is 0 Å². The van der Waals surface area contributed by atoms with E-state index in [9.17, 15) is 19.7 Å². The zero-order valence-corrected chi connectivity index (χ0v) is 14.1. The second kappa shape index (κ2) is 7.35. The number of carbonyl (C=O) groups excluding carboxylic acids is 2. The Labute approximate surface area is 150 Å². The Bertz CT molecular complexity index is 851. The summed E-state index contributed by atoms with van der Waals surface area (Å²) >= 11 is 0. The zero-order chi connectivity index (χ0) is 18.7. The second-order valence-electron chi connectivity index (χ2n) is 6.34. The van der Waals surface area contributed by atoms with Crippen LogP contribution in [0.1, 0.15) is 28.8 Å². The van der Waals surface area contributed by atoms with Gasteiger partial charge in [-0.1, -0.05) is 30.3 Å². The predicted octanol–water partition coefficient (Wildman–Crippen LogP) is 2.53. The number of hydrogen-bond acceptors (Lipinski definition) is 5. The van der Waals surface area contributed by atoms with Gasteiger partial charge in [-0.25, -0.2) is 0 Å². The molecule has 2 N–H and O–H groups in total. The van der Waals surface area contributed by atoms with E-state index in [1.54, 1.807) is 47.4 Å². The lowest BCUT2D eigenvalue weighted by Crippen LogP contribution is -2.41. The number of rotatable bonds is 5. The van der Waals surface area contributed by atoms with E-state index in [4.69, 9.17) is 5.73 Å². The van der Waals surface area contributed by atoms with Crippen LogP contribution in [0.2, 0.25) is 0 Å². The summed E-state index contributed by atoms with van der Waals surface area (Å²) in [5.74, 6) is -0.990. The number of benzene rings is 2. The lowest BCUT2D eigenvalue weighted by atomic mass is 9.96. The van der Waals surface area contributed by atoms with Crippen molar-refractivity contribution in [2.75, 3.05) is 18.0 Å². The Morgan fingerprint density at radius 2 is 1.85 bits per heavy atom. The van der Waals surface area contributed by atoms with E-state index >= 15 is 0 Å². The minimum Gasteiger partial charge on any atom is -0.369 e. The van der Waals surface area contributed by atoms with Crippen molar-refractivity contribution in [3.8, 4) is 0 Å². The molecule has 2 aromatic rings. The van der Waals surface area contributed by atoms with Gasteiger partial charge >= 0.3 is 0 Å². The average Bonchev–Trinajstić information content (AvgIpc) is 2.67. The van der Waals surface area contributed by atoms with E-state index in [0.29, 0.717) is 30.8 Å². The van der Waals surface area contributed by atoms with Gasteiger partial charge in [-0.3, -0.25) is 19.7 Å². The Morgan fingerprint density at radius 1 is 1.12 bits per heavy atom. The second-order valence-corrected chi connectivity index (χ2v) is 6.34. The molecule has 1 atom stereocenters. The van der Waals surface area contributed by atoms with E-state index in [-0.39, 0.29) is 23.0 Å². The average molecular weight is 353 g/mol. The maximum atomic E-state index is 12.6. The quantitative estimate of drug-likeness (QED) is 0.505. The molecule has 1 amide bonds. The van der Waals surface area contributed by atoms with Crippen molar-refractivity contribution in [2.24, 2.45) is 11.7 Å². The zero-order valence-electron chi connectivity index (χ0n) is 14.1. The first-order valence-electron chi connectivity index (χ1n) is 8.40. The van der Waals surface area contributed by atoms with E-state index in [1.807, 2.05) is 0 Å². The Morgan fingerprint density at radius 3 is 2.50 bits per heavy atom. The molecule has 1 saturated heterocycles. The van der Waals surface area contributed by atoms with E-state index in [1.165, 1.54) is 6.07 Å². The fourth-order valence-electron chi connectivity index (χ4n) is 3.26. The maximum absolute atomic E-state index is 12.6. The number of amides is 1. The molecule has 1 aliphatic rings. The molecule has 3 rings (SSSR count). The first-order valence-corrected chi connectivity index (χ1v) is 8.40. The standard InChI is InChI=1S/C19H19N3O4/c20-19(24)15-7-4-10-21(12-15)16-9-8-14(11-17(16)22(25)26)18(23)13-5-2-1-3-6-13/h1-3,5-6,8-9,11,15H,4,7,10,12H2,(H2,20,24). The van der Waals surface area contributed by atoms with Crippen LogP contribution in [-0.2, 0) is 4.79 Å². The molecule has 1 aliphatic heterocycles. The monoisotopic (exact) mass is 353 g/mol. The molecule has 7 nitrogen and oxygen atoms in total. The third-order valence-electron chi connectivity index (χ3n) is 4.63. The van der Waals surface area contributed by atoms with Gasteiger partial charge in [0.05, 0.1) is 10.8 Å². The highest BCUT2D eigenvalue weighted by Gasteiger charge is 2.29. The van der Waals surface area contributed by atoms with Crippen LogP contribution in [0.25, 0.3) is 0 Å². The smallest absolute Gasteiger partial charge is 0.293 e. The largest absolute Gasteiger partial charge is 0.369 e. The number of piperidine rings is 1. The van der Waals surface area contributed by atoms with Crippen molar-refractivity contribution in [3.63, 3.8) is 0 Å². The number of anilines is 1. The molecule has 7 heteroatoms. The van der Waals surface area contributed by atoms with Crippen molar-refractivity contribution in [2.45, 2.75) is 12.8 Å². The first-order chi connectivity index (χ1) is 12.5. The maximum Gasteiger partial charge on any atom is 0.293 e. The molecule has 2 aromatic carbocycles. The van der Waals surface area contributed by atoms with Crippen LogP contribution in [-0.4, -0.2) is 29.7 Å². The minimum atomic E-state index is -0.495. The number of ketones is 1. The lowest BCUT2D eigenvalue weighted by Gasteiger charge is -2.32. The number of hydrogen-bond donors (Lipinski definition) is 1. The molecule has 134 valence electrons. The van der Waals surface area contributed by atoms with Gasteiger partial charge < -0.3 is 10.6 Å². The molecule has 26 heavy (non-hydrogen) atoms. The van der Waals surface area contributed by atoms with Crippen LogP contribution in [0.15, 0.2) is 48.5 Å². The Hall–Kier alpha value is -3.22. The Balaban J connectivity index is 1.94. The summed E-state index contributed by atoms with van der Waals surface area (Å²) in [7, 11) is 0. The normalized spacial score (nSPS) is 16.9. The summed E-state index contributed by atoms with van der Waals surface area (Å²) in [5, 5.41) is 11.6. The summed E-state index contributed by atoms with van der Waals surface area (Å²) in [6, 6.07) is 13.1. The SMILES string of the molecule is NC(=O)C1CCCN(c2ccc(C(=O)c3ccccc3)cc2[N+](=O)[O-])C1. The molecule has 0 radical (unpaired) electrons. The number of nitro groups is 1. The summed E-state index contributed by atoms with van der Waals surface area (Å²) in [5.41, 5.74) is 6.39. The molecule has 0 spiro atoms. The van der Waals surface area contributed by atoms with Gasteiger partial charge in [0.25, 0.3) is 5.69 Å². The van der Waals surface area contributed by atoms with Gasteiger partial charge in [0.1, 0.15) is 5.69 Å². The van der Waals surface area contributed by atoms with E-state index in [0.717, 1.165) is 6.42 Å². The number of primary amides is 1. The van der Waals surface area contributed by atoms with E-state index in [2.05, 4.69) is 0 Å². The number of nitro benzene ring substituents is 1. The van der Waals surface area contributed by atoms with Crippen molar-refractivity contribution in [1.29, 1.82) is 0 Å². The van der Waals surface area contributed by atoms with Gasteiger partial charge in [0, 0.05) is 30.3 Å². The molecule has 0 bridgehead atoms. The van der Waals surface area contributed by atoms with Crippen molar-refractivity contribution >= 4 is 23.1 Å². The van der Waals surface area contributed by atoms with Crippen LogP contribution in [0.5, 0.6) is 0 Å². The lowest BCUT2D eigenvalue weighted by molar-refractivity contribution is -0.384. The topological polar surface area (TPSA) is 107 Å². The fraction of sp³-hybridized carbons (Fsp3) is 0.263. The van der Waals surface area contributed by atoms with Crippen molar-refractivity contribution in [1.82, 2.24) is 0 Å². The van der Waals surface area contributed by atoms with Gasteiger partial charge in [0.2, 0.25) is 5.91 Å². The summed E-state index contributed by atoms with van der Waals surface area (Å²) in [4.78, 5) is 36.9. The summed E-state index contributed by atoms with van der Waals surface area (Å²) < 4.78 is 0. The van der Waals surface area contributed by atoms with Crippen molar-refractivity contribution < 1.29 is 14.5 Å². The third-order valence-corrected chi connectivity index (χ3v) is 4.63. The third kappa shape index (κ3) is 3.56. The summed E-state index contributed by atoms with van der Waals surface area (Å²) in [6.45, 7) is 0.957. The van der Waals surface area contributed by atoms with Gasteiger partial charge in [0.15, 0.2) is 5.78 Å². The van der Waals surface area contributed by atoms with Gasteiger partial charge in [-0.2, -0.15) is 0 Å². The number of nitrogens with two attached hydrogens (primary N) is 1. The van der Waals surface area contributed by atoms with Crippen molar-refractivity contribution in [3.05, 3.63) is 69.8 Å². The fourth-order valence-corrected chi connectivity index (χ4v) is 3.26. The Kier molecular flexibility index (Phi) is 4.97.